The summed E-state index contributed by atoms with van der Waals surface area (Å²) >= 11 is 6.30. The summed E-state index contributed by atoms with van der Waals surface area (Å²) in [6, 6.07) is 1.78. The fraction of sp³-hybridized carbons (Fsp3) is 0.364. The molecular formula is C11H13ClN4. The van der Waals surface area contributed by atoms with Crippen LogP contribution in [0.4, 0.5) is 0 Å². The molecule has 16 heavy (non-hydrogen) atoms. The zero-order valence-corrected chi connectivity index (χ0v) is 10.2. The summed E-state index contributed by atoms with van der Waals surface area (Å²) in [7, 11) is 0. The van der Waals surface area contributed by atoms with Crippen LogP contribution >= 0.6 is 11.6 Å². The molecule has 0 N–H and O–H groups in total. The monoisotopic (exact) mass is 236 g/mol. The maximum absolute atomic E-state index is 6.30. The zero-order valence-electron chi connectivity index (χ0n) is 9.48. The van der Waals surface area contributed by atoms with Crippen molar-refractivity contribution >= 4 is 11.6 Å². The summed E-state index contributed by atoms with van der Waals surface area (Å²) in [4.78, 5) is 8.00. The van der Waals surface area contributed by atoms with Crippen LogP contribution in [0.5, 0.6) is 0 Å². The Hall–Kier alpha value is -1.42. The number of nitrogens with zero attached hydrogens (tertiary/aromatic N) is 4. The quantitative estimate of drug-likeness (QED) is 0.805. The largest absolute Gasteiger partial charge is 0.245 e. The molecule has 0 saturated heterocycles. The van der Waals surface area contributed by atoms with Crippen molar-refractivity contribution in [3.63, 3.8) is 0 Å². The second-order valence-electron chi connectivity index (χ2n) is 3.92. The van der Waals surface area contributed by atoms with Crippen LogP contribution in [0.15, 0.2) is 18.6 Å². The van der Waals surface area contributed by atoms with Crippen molar-refractivity contribution in [1.29, 1.82) is 0 Å². The van der Waals surface area contributed by atoms with Crippen molar-refractivity contribution in [1.82, 2.24) is 19.7 Å². The van der Waals surface area contributed by atoms with Crippen LogP contribution in [0, 0.1) is 6.92 Å². The summed E-state index contributed by atoms with van der Waals surface area (Å²) < 4.78 is 1.65. The lowest BCUT2D eigenvalue weighted by Crippen LogP contribution is -1.99. The zero-order chi connectivity index (χ0) is 11.7. The molecule has 0 saturated carbocycles. The van der Waals surface area contributed by atoms with E-state index in [1.54, 1.807) is 16.9 Å². The molecule has 0 aliphatic heterocycles. The Morgan fingerprint density at radius 3 is 2.62 bits per heavy atom. The number of halogens is 1. The van der Waals surface area contributed by atoms with E-state index >= 15 is 0 Å². The van der Waals surface area contributed by atoms with E-state index in [0.29, 0.717) is 16.9 Å². The first-order chi connectivity index (χ1) is 7.61. The topological polar surface area (TPSA) is 43.6 Å². The molecule has 0 aliphatic rings. The molecule has 2 heterocycles. The van der Waals surface area contributed by atoms with Gasteiger partial charge in [-0.3, -0.25) is 0 Å². The van der Waals surface area contributed by atoms with Crippen molar-refractivity contribution in [2.45, 2.75) is 26.7 Å². The van der Waals surface area contributed by atoms with Crippen LogP contribution in [-0.2, 0) is 0 Å². The van der Waals surface area contributed by atoms with Gasteiger partial charge in [0.25, 0.3) is 0 Å². The minimum Gasteiger partial charge on any atom is -0.245 e. The van der Waals surface area contributed by atoms with Gasteiger partial charge >= 0.3 is 0 Å². The van der Waals surface area contributed by atoms with Crippen LogP contribution in [0.3, 0.4) is 0 Å². The normalized spacial score (nSPS) is 11.1. The van der Waals surface area contributed by atoms with E-state index in [1.165, 1.54) is 6.33 Å². The van der Waals surface area contributed by atoms with Gasteiger partial charge in [0.2, 0.25) is 0 Å². The SMILES string of the molecule is Cc1nn(-c2ccncn2)c(Cl)c1C(C)C. The predicted molar refractivity (Wildman–Crippen MR) is 63.0 cm³/mol. The van der Waals surface area contributed by atoms with Gasteiger partial charge < -0.3 is 0 Å². The highest BCUT2D eigenvalue weighted by molar-refractivity contribution is 6.30. The van der Waals surface area contributed by atoms with Crippen LogP contribution in [0.25, 0.3) is 5.82 Å². The Morgan fingerprint density at radius 2 is 2.12 bits per heavy atom. The molecular weight excluding hydrogens is 224 g/mol. The lowest BCUT2D eigenvalue weighted by atomic mass is 10.1. The van der Waals surface area contributed by atoms with Crippen molar-refractivity contribution in [2.24, 2.45) is 0 Å². The maximum Gasteiger partial charge on any atom is 0.158 e. The molecule has 0 unspecified atom stereocenters. The smallest absolute Gasteiger partial charge is 0.158 e. The Balaban J connectivity index is 2.56. The van der Waals surface area contributed by atoms with Crippen molar-refractivity contribution in [3.8, 4) is 5.82 Å². The second-order valence-corrected chi connectivity index (χ2v) is 4.28. The number of hydrogen-bond acceptors (Lipinski definition) is 3. The molecule has 2 rings (SSSR count). The summed E-state index contributed by atoms with van der Waals surface area (Å²) in [6.45, 7) is 6.15. The molecule has 0 amide bonds. The highest BCUT2D eigenvalue weighted by Crippen LogP contribution is 2.28. The Morgan fingerprint density at radius 1 is 1.38 bits per heavy atom. The maximum atomic E-state index is 6.30. The average Bonchev–Trinajstić information content (AvgIpc) is 2.55. The van der Waals surface area contributed by atoms with Gasteiger partial charge in [0.15, 0.2) is 5.82 Å². The number of aryl methyl sites for hydroxylation is 1. The van der Waals surface area contributed by atoms with Crippen LogP contribution in [0.2, 0.25) is 5.15 Å². The van der Waals surface area contributed by atoms with E-state index in [4.69, 9.17) is 11.6 Å². The molecule has 0 spiro atoms. The molecule has 2 aromatic heterocycles. The van der Waals surface area contributed by atoms with E-state index in [-0.39, 0.29) is 0 Å². The summed E-state index contributed by atoms with van der Waals surface area (Å²) in [5.74, 6) is 1.04. The molecule has 84 valence electrons. The Labute approximate surface area is 99.3 Å². The highest BCUT2D eigenvalue weighted by Gasteiger charge is 2.17. The summed E-state index contributed by atoms with van der Waals surface area (Å²) in [5.41, 5.74) is 2.01. The van der Waals surface area contributed by atoms with Gasteiger partial charge in [-0.25, -0.2) is 14.6 Å². The van der Waals surface area contributed by atoms with E-state index in [0.717, 1.165) is 11.3 Å². The molecule has 0 aromatic carbocycles. The van der Waals surface area contributed by atoms with Crippen molar-refractivity contribution < 1.29 is 0 Å². The molecule has 0 atom stereocenters. The molecule has 0 radical (unpaired) electrons. The summed E-state index contributed by atoms with van der Waals surface area (Å²) in [5, 5.41) is 5.03. The standard InChI is InChI=1S/C11H13ClN4/c1-7(2)10-8(3)15-16(11(10)12)9-4-5-13-6-14-9/h4-7H,1-3H3. The van der Waals surface area contributed by atoms with E-state index in [2.05, 4.69) is 28.9 Å². The number of rotatable bonds is 2. The molecule has 2 aromatic rings. The van der Waals surface area contributed by atoms with E-state index in [9.17, 15) is 0 Å². The molecule has 0 bridgehead atoms. The third-order valence-electron chi connectivity index (χ3n) is 2.41. The van der Waals surface area contributed by atoms with Gasteiger partial charge in [-0.1, -0.05) is 25.4 Å². The highest BCUT2D eigenvalue weighted by atomic mass is 35.5. The van der Waals surface area contributed by atoms with Gasteiger partial charge in [-0.15, -0.1) is 0 Å². The first-order valence-electron chi connectivity index (χ1n) is 5.12. The van der Waals surface area contributed by atoms with Crippen LogP contribution in [-0.4, -0.2) is 19.7 Å². The van der Waals surface area contributed by atoms with Gasteiger partial charge in [0, 0.05) is 17.8 Å². The number of hydrogen-bond donors (Lipinski definition) is 0. The molecule has 5 heteroatoms. The third kappa shape index (κ3) is 1.80. The van der Waals surface area contributed by atoms with Crippen LogP contribution in [0.1, 0.15) is 31.0 Å². The predicted octanol–water partition coefficient (Wildman–Crippen LogP) is 2.75. The van der Waals surface area contributed by atoms with E-state index < -0.39 is 0 Å². The lowest BCUT2D eigenvalue weighted by molar-refractivity contribution is 0.826. The first kappa shape index (κ1) is 11.1. The van der Waals surface area contributed by atoms with Gasteiger partial charge in [-0.2, -0.15) is 5.10 Å². The van der Waals surface area contributed by atoms with Crippen LogP contribution < -0.4 is 0 Å². The Kier molecular flexibility index (Phi) is 2.92. The minimum absolute atomic E-state index is 0.350. The first-order valence-corrected chi connectivity index (χ1v) is 5.50. The summed E-state index contributed by atoms with van der Waals surface area (Å²) in [6.07, 6.45) is 3.16. The van der Waals surface area contributed by atoms with Gasteiger partial charge in [0.1, 0.15) is 11.5 Å². The fourth-order valence-corrected chi connectivity index (χ4v) is 2.21. The van der Waals surface area contributed by atoms with E-state index in [1.807, 2.05) is 6.92 Å². The Bertz CT molecular complexity index is 490. The average molecular weight is 237 g/mol. The van der Waals surface area contributed by atoms with Crippen molar-refractivity contribution in [2.75, 3.05) is 0 Å². The lowest BCUT2D eigenvalue weighted by Gasteiger charge is -2.04. The minimum atomic E-state index is 0.350. The molecule has 0 fully saturated rings. The third-order valence-corrected chi connectivity index (χ3v) is 2.77. The van der Waals surface area contributed by atoms with Gasteiger partial charge in [-0.05, 0) is 12.8 Å². The fourth-order valence-electron chi connectivity index (χ4n) is 1.73. The van der Waals surface area contributed by atoms with Crippen molar-refractivity contribution in [3.05, 3.63) is 35.0 Å². The number of aromatic nitrogens is 4. The molecule has 0 aliphatic carbocycles. The van der Waals surface area contributed by atoms with Gasteiger partial charge in [0.05, 0.1) is 5.69 Å². The molecule has 4 nitrogen and oxygen atoms in total. The second kappa shape index (κ2) is 4.22.